The smallest absolute Gasteiger partial charge is 0.164 e. The lowest BCUT2D eigenvalue weighted by Gasteiger charge is -2.09. The number of para-hydroxylation sites is 5. The number of benzene rings is 9. The van der Waals surface area contributed by atoms with Crippen molar-refractivity contribution in [2.24, 2.45) is 0 Å². The van der Waals surface area contributed by atoms with Gasteiger partial charge in [0.25, 0.3) is 0 Å². The molecule has 14 aromatic rings. The molecule has 5 heterocycles. The molecular weight excluding hydrogens is 787 g/mol. The van der Waals surface area contributed by atoms with Crippen LogP contribution in [0.25, 0.3) is 133 Å². The Kier molecular flexibility index (Phi) is 7.27. The minimum absolute atomic E-state index is 0.558. The number of hydrogen-bond acceptors (Lipinski definition) is 5. The average Bonchev–Trinajstić information content (AvgIpc) is 4.11. The van der Waals surface area contributed by atoms with Gasteiger partial charge < -0.3 is 18.0 Å². The third-order valence-corrected chi connectivity index (χ3v) is 12.8. The van der Waals surface area contributed by atoms with E-state index < -0.39 is 0 Å². The maximum absolute atomic E-state index is 6.73. The highest BCUT2D eigenvalue weighted by Crippen LogP contribution is 2.40. The fourth-order valence-electron chi connectivity index (χ4n) is 9.88. The van der Waals surface area contributed by atoms with E-state index in [2.05, 4.69) is 161 Å². The van der Waals surface area contributed by atoms with Crippen LogP contribution >= 0.6 is 0 Å². The van der Waals surface area contributed by atoms with E-state index in [9.17, 15) is 0 Å². The number of nitrogens with zero attached hydrogens (tertiary/aromatic N) is 5. The van der Waals surface area contributed by atoms with Crippen molar-refractivity contribution in [2.75, 3.05) is 0 Å². The van der Waals surface area contributed by atoms with Crippen molar-refractivity contribution in [3.05, 3.63) is 200 Å². The Morgan fingerprint density at radius 3 is 1.44 bits per heavy atom. The van der Waals surface area contributed by atoms with Crippen LogP contribution in [0.2, 0.25) is 0 Å². The molecule has 0 amide bonds. The number of hydrogen-bond donors (Lipinski definition) is 0. The first-order valence-electron chi connectivity index (χ1n) is 21.4. The second-order valence-corrected chi connectivity index (χ2v) is 16.4. The third kappa shape index (κ3) is 5.12. The standard InChI is InChI=1S/C57H33N5O2/c1-2-13-34(14-3-1)55-58-56(35-26-30-51-45(31-35)44-19-12-24-50(54(44)64-51)62-48-22-10-6-17-40(48)41-18-7-11-23-49(41)62)60-57(59-55)36-25-28-42-43-29-27-37(33-53(43)63-52(42)32-36)61-46-20-8-4-15-38(46)39-16-5-9-21-47(39)61/h1-33H. The van der Waals surface area contributed by atoms with Crippen molar-refractivity contribution >= 4 is 87.5 Å². The van der Waals surface area contributed by atoms with Gasteiger partial charge in [-0.2, -0.15) is 0 Å². The first kappa shape index (κ1) is 34.9. The minimum atomic E-state index is 0.558. The lowest BCUT2D eigenvalue weighted by atomic mass is 10.1. The van der Waals surface area contributed by atoms with Crippen LogP contribution in [0.1, 0.15) is 0 Å². The quantitative estimate of drug-likeness (QED) is 0.173. The van der Waals surface area contributed by atoms with Gasteiger partial charge in [-0.25, -0.2) is 15.0 Å². The molecule has 298 valence electrons. The minimum Gasteiger partial charge on any atom is -0.456 e. The van der Waals surface area contributed by atoms with Gasteiger partial charge in [0, 0.05) is 71.5 Å². The maximum Gasteiger partial charge on any atom is 0.164 e. The van der Waals surface area contributed by atoms with E-state index >= 15 is 0 Å². The first-order valence-corrected chi connectivity index (χ1v) is 21.4. The van der Waals surface area contributed by atoms with E-state index in [1.165, 1.54) is 21.5 Å². The highest BCUT2D eigenvalue weighted by atomic mass is 16.3. The summed E-state index contributed by atoms with van der Waals surface area (Å²) in [5.74, 6) is 1.72. The molecule has 0 spiro atoms. The van der Waals surface area contributed by atoms with Crippen molar-refractivity contribution < 1.29 is 8.83 Å². The summed E-state index contributed by atoms with van der Waals surface area (Å²) in [6.45, 7) is 0. The molecule has 0 aliphatic heterocycles. The Morgan fingerprint density at radius 1 is 0.297 bits per heavy atom. The molecule has 0 saturated heterocycles. The summed E-state index contributed by atoms with van der Waals surface area (Å²) in [7, 11) is 0. The van der Waals surface area contributed by atoms with Crippen LogP contribution < -0.4 is 0 Å². The normalized spacial score (nSPS) is 12.1. The maximum atomic E-state index is 6.73. The van der Waals surface area contributed by atoms with Gasteiger partial charge in [0.15, 0.2) is 23.1 Å². The first-order chi connectivity index (χ1) is 31.7. The zero-order valence-electron chi connectivity index (χ0n) is 34.1. The van der Waals surface area contributed by atoms with Gasteiger partial charge >= 0.3 is 0 Å². The summed E-state index contributed by atoms with van der Waals surface area (Å²) >= 11 is 0. The molecule has 7 heteroatoms. The average molecular weight is 820 g/mol. The van der Waals surface area contributed by atoms with Gasteiger partial charge in [-0.05, 0) is 72.8 Å². The molecule has 64 heavy (non-hydrogen) atoms. The van der Waals surface area contributed by atoms with Gasteiger partial charge in [-0.15, -0.1) is 0 Å². The fourth-order valence-corrected chi connectivity index (χ4v) is 9.88. The molecule has 0 fully saturated rings. The van der Waals surface area contributed by atoms with E-state index in [1.807, 2.05) is 48.5 Å². The topological polar surface area (TPSA) is 74.8 Å². The zero-order valence-corrected chi connectivity index (χ0v) is 34.1. The van der Waals surface area contributed by atoms with Gasteiger partial charge in [-0.1, -0.05) is 121 Å². The van der Waals surface area contributed by atoms with Crippen LogP contribution in [0.15, 0.2) is 209 Å². The predicted octanol–water partition coefficient (Wildman–Crippen LogP) is 14.9. The van der Waals surface area contributed by atoms with Crippen LogP contribution in [0, 0.1) is 0 Å². The highest BCUT2D eigenvalue weighted by molar-refractivity contribution is 6.14. The molecule has 0 radical (unpaired) electrons. The Balaban J connectivity index is 0.902. The van der Waals surface area contributed by atoms with E-state index in [1.54, 1.807) is 0 Å². The fraction of sp³-hybridized carbons (Fsp3) is 0. The van der Waals surface area contributed by atoms with Crippen LogP contribution in [-0.4, -0.2) is 24.1 Å². The molecule has 5 aromatic heterocycles. The molecule has 0 atom stereocenters. The largest absolute Gasteiger partial charge is 0.456 e. The van der Waals surface area contributed by atoms with Gasteiger partial charge in [0.2, 0.25) is 0 Å². The van der Waals surface area contributed by atoms with Gasteiger partial charge in [0.05, 0.1) is 27.8 Å². The zero-order chi connectivity index (χ0) is 41.9. The van der Waals surface area contributed by atoms with Crippen molar-refractivity contribution in [3.63, 3.8) is 0 Å². The molecule has 0 unspecified atom stereocenters. The van der Waals surface area contributed by atoms with Crippen molar-refractivity contribution in [2.45, 2.75) is 0 Å². The monoisotopic (exact) mass is 819 g/mol. The molecule has 0 bridgehead atoms. The molecular formula is C57H33N5O2. The Morgan fingerprint density at radius 2 is 0.797 bits per heavy atom. The van der Waals surface area contributed by atoms with Gasteiger partial charge in [-0.3, -0.25) is 0 Å². The van der Waals surface area contributed by atoms with E-state index in [0.717, 1.165) is 94.0 Å². The van der Waals surface area contributed by atoms with E-state index in [0.29, 0.717) is 17.5 Å². The number of rotatable bonds is 5. The molecule has 14 rings (SSSR count). The van der Waals surface area contributed by atoms with Crippen molar-refractivity contribution in [3.8, 4) is 45.5 Å². The van der Waals surface area contributed by atoms with E-state index in [4.69, 9.17) is 23.8 Å². The summed E-state index contributed by atoms with van der Waals surface area (Å²) in [6.07, 6.45) is 0. The van der Waals surface area contributed by atoms with Crippen LogP contribution in [0.4, 0.5) is 0 Å². The Bertz CT molecular complexity index is 4100. The Labute approximate surface area is 364 Å². The van der Waals surface area contributed by atoms with E-state index in [-0.39, 0.29) is 0 Å². The molecule has 0 aliphatic rings. The van der Waals surface area contributed by atoms with Crippen LogP contribution in [-0.2, 0) is 0 Å². The summed E-state index contributed by atoms with van der Waals surface area (Å²) in [5.41, 5.74) is 12.4. The number of aromatic nitrogens is 5. The molecule has 9 aromatic carbocycles. The number of furan rings is 2. The van der Waals surface area contributed by atoms with Crippen molar-refractivity contribution in [1.29, 1.82) is 0 Å². The molecule has 0 N–H and O–H groups in total. The molecule has 7 nitrogen and oxygen atoms in total. The Hall–Kier alpha value is -8.81. The lowest BCUT2D eigenvalue weighted by Crippen LogP contribution is -2.00. The lowest BCUT2D eigenvalue weighted by molar-refractivity contribution is 0.666. The summed E-state index contributed by atoms with van der Waals surface area (Å²) in [4.78, 5) is 15.3. The van der Waals surface area contributed by atoms with Crippen LogP contribution in [0.3, 0.4) is 0 Å². The third-order valence-electron chi connectivity index (χ3n) is 12.8. The predicted molar refractivity (Wildman–Crippen MR) is 259 cm³/mol. The molecule has 0 aliphatic carbocycles. The van der Waals surface area contributed by atoms with Crippen molar-refractivity contribution in [1.82, 2.24) is 24.1 Å². The second kappa shape index (κ2) is 13.3. The highest BCUT2D eigenvalue weighted by Gasteiger charge is 2.20. The molecule has 0 saturated carbocycles. The second-order valence-electron chi connectivity index (χ2n) is 16.4. The summed E-state index contributed by atoms with van der Waals surface area (Å²) in [5, 5.41) is 8.95. The number of fused-ring (bicyclic) bond motifs is 12. The van der Waals surface area contributed by atoms with Crippen LogP contribution in [0.5, 0.6) is 0 Å². The van der Waals surface area contributed by atoms with Gasteiger partial charge in [0.1, 0.15) is 16.7 Å². The summed E-state index contributed by atoms with van der Waals surface area (Å²) < 4.78 is 18.0. The SMILES string of the molecule is c1ccc(-c2nc(-c3ccc4c(c3)oc3cc(-n5c6ccccc6c6ccccc65)ccc34)nc(-c3ccc4oc5c(-n6c7ccccc7c7ccccc76)cccc5c4c3)n2)cc1. The summed E-state index contributed by atoms with van der Waals surface area (Å²) in [6, 6.07) is 69.6.